The van der Waals surface area contributed by atoms with Gasteiger partial charge in [-0.2, -0.15) is 7.82 Å². The summed E-state index contributed by atoms with van der Waals surface area (Å²) < 4.78 is 41.4. The van der Waals surface area contributed by atoms with Crippen LogP contribution in [0.15, 0.2) is 0 Å². The molecular formula is HCaMgO8PS. The molecule has 0 aliphatic rings. The number of hydrogen-bond donors (Lipinski definition) is 1. The van der Waals surface area contributed by atoms with E-state index < -0.39 is 18.2 Å². The summed E-state index contributed by atoms with van der Waals surface area (Å²) in [7, 11) is -10.3. The topological polar surface area (TPSA) is 164 Å². The minimum absolute atomic E-state index is 0. The molecule has 0 fully saturated rings. The van der Waals surface area contributed by atoms with E-state index in [1.54, 1.807) is 0 Å². The summed E-state index contributed by atoms with van der Waals surface area (Å²) in [5.74, 6) is 0. The second-order valence-corrected chi connectivity index (χ2v) is 2.62. The van der Waals surface area contributed by atoms with Crippen LogP contribution in [0.5, 0.6) is 0 Å². The fourth-order valence-corrected chi connectivity index (χ4v) is 0. The van der Waals surface area contributed by atoms with Crippen molar-refractivity contribution in [1.29, 1.82) is 0 Å². The van der Waals surface area contributed by atoms with Crippen molar-refractivity contribution in [2.75, 3.05) is 0 Å². The van der Waals surface area contributed by atoms with Crippen molar-refractivity contribution in [1.82, 2.24) is 0 Å². The van der Waals surface area contributed by atoms with E-state index in [0.29, 0.717) is 0 Å². The Morgan fingerprint density at radius 2 is 1.17 bits per heavy atom. The minimum Gasteiger partial charge on any atom is -0.822 e. The average Bonchev–Trinajstić information content (AvgIpc) is 1.12. The average molecular weight is 256 g/mol. The van der Waals surface area contributed by atoms with Crippen LogP contribution >= 0.6 is 7.82 Å². The Labute approximate surface area is 114 Å². The van der Waals surface area contributed by atoms with Gasteiger partial charge < -0.3 is 23.8 Å². The Hall–Kier alpha value is 2.01. The van der Waals surface area contributed by atoms with E-state index in [2.05, 4.69) is 0 Å². The van der Waals surface area contributed by atoms with E-state index in [9.17, 15) is 0 Å². The largest absolute Gasteiger partial charge is 2.00 e. The molecule has 0 spiro atoms. The molecule has 0 saturated heterocycles. The predicted octanol–water partition coefficient (Wildman–Crippen LogP) is -4.58. The van der Waals surface area contributed by atoms with Crippen LogP contribution in [-0.2, 0) is 15.0 Å². The maximum absolute atomic E-state index is 8.63. The Balaban J connectivity index is -0.0000000457. The van der Waals surface area contributed by atoms with Crippen LogP contribution in [0.1, 0.15) is 0 Å². The maximum atomic E-state index is 8.63. The molecule has 64 valence electrons. The molecule has 8 nitrogen and oxygen atoms in total. The summed E-state index contributed by atoms with van der Waals surface area (Å²) in [6.45, 7) is 0. The molecule has 0 saturated carbocycles. The SMILES string of the molecule is O=P([O-])([O-])[O-].O=S(=O)([O-])O.[Ca+2].[Mg+2]. The van der Waals surface area contributed by atoms with E-state index in [1.807, 2.05) is 0 Å². The van der Waals surface area contributed by atoms with E-state index >= 15 is 0 Å². The van der Waals surface area contributed by atoms with Crippen molar-refractivity contribution in [2.45, 2.75) is 0 Å². The molecule has 0 atom stereocenters. The van der Waals surface area contributed by atoms with Crippen molar-refractivity contribution in [3.63, 3.8) is 0 Å². The van der Waals surface area contributed by atoms with Crippen molar-refractivity contribution in [2.24, 2.45) is 0 Å². The molecule has 0 aromatic heterocycles. The Bertz CT molecular complexity index is 197. The van der Waals surface area contributed by atoms with Gasteiger partial charge in [0.25, 0.3) is 0 Å². The molecule has 0 amide bonds. The van der Waals surface area contributed by atoms with Crippen LogP contribution in [0.25, 0.3) is 0 Å². The normalized spacial score (nSPS) is 9.75. The monoisotopic (exact) mass is 256 g/mol. The minimum atomic E-state index is -5.39. The van der Waals surface area contributed by atoms with Crippen molar-refractivity contribution < 1.29 is 36.8 Å². The molecule has 0 aromatic carbocycles. The van der Waals surface area contributed by atoms with Crippen LogP contribution in [0, 0.1) is 0 Å². The molecule has 0 radical (unpaired) electrons. The summed E-state index contributed by atoms with van der Waals surface area (Å²) >= 11 is 0. The zero-order valence-corrected chi connectivity index (χ0v) is 10.9. The smallest absolute Gasteiger partial charge is 0.822 e. The first kappa shape index (κ1) is 23.7. The summed E-state index contributed by atoms with van der Waals surface area (Å²) in [4.78, 5) is 25.6. The van der Waals surface area contributed by atoms with Gasteiger partial charge in [-0.3, -0.25) is 4.55 Å². The fraction of sp³-hybridized carbons (Fsp3) is 0. The van der Waals surface area contributed by atoms with Gasteiger partial charge in [0.1, 0.15) is 0 Å². The second-order valence-electron chi connectivity index (χ2n) is 0.875. The second kappa shape index (κ2) is 9.56. The van der Waals surface area contributed by atoms with Gasteiger partial charge in [-0.15, -0.1) is 0 Å². The molecule has 0 aliphatic heterocycles. The summed E-state index contributed by atoms with van der Waals surface area (Å²) in [5, 5.41) is 0. The zero-order valence-electron chi connectivity index (χ0n) is 5.57. The first-order chi connectivity index (χ1) is 4.00. The third-order valence-corrected chi connectivity index (χ3v) is 0. The number of hydrogen-bond acceptors (Lipinski definition) is 7. The van der Waals surface area contributed by atoms with E-state index in [4.69, 9.17) is 36.8 Å². The standard InChI is InChI=1S/Ca.Mg.H3O4P.H2O4S/c;;2*1-5(2,3)4/h;;(H3,1,2,3,4);(H2,1,2,3,4)/q2*+2;;/p-4. The first-order valence-electron chi connectivity index (χ1n) is 1.41. The van der Waals surface area contributed by atoms with E-state index in [1.165, 1.54) is 0 Å². The van der Waals surface area contributed by atoms with Gasteiger partial charge >= 0.3 is 60.8 Å². The molecular weight excluding hydrogens is 255 g/mol. The van der Waals surface area contributed by atoms with Crippen LogP contribution in [0.3, 0.4) is 0 Å². The van der Waals surface area contributed by atoms with Gasteiger partial charge in [0, 0.05) is 0 Å². The van der Waals surface area contributed by atoms with Crippen molar-refractivity contribution in [3.8, 4) is 0 Å². The van der Waals surface area contributed by atoms with Gasteiger partial charge in [0.05, 0.1) is 0 Å². The summed E-state index contributed by atoms with van der Waals surface area (Å²) in [6, 6.07) is 0. The predicted molar refractivity (Wildman–Crippen MR) is 31.4 cm³/mol. The van der Waals surface area contributed by atoms with Gasteiger partial charge in [-0.05, 0) is 0 Å². The van der Waals surface area contributed by atoms with Crippen LogP contribution in [-0.4, -0.2) is 78.3 Å². The van der Waals surface area contributed by atoms with Crippen LogP contribution in [0.4, 0.5) is 0 Å². The molecule has 1 N–H and O–H groups in total. The summed E-state index contributed by atoms with van der Waals surface area (Å²) in [6.07, 6.45) is 0. The molecule has 0 rings (SSSR count). The molecule has 0 heterocycles. The summed E-state index contributed by atoms with van der Waals surface area (Å²) in [5.41, 5.74) is 0. The number of rotatable bonds is 0. The molecule has 0 unspecified atom stereocenters. The van der Waals surface area contributed by atoms with Gasteiger partial charge in [-0.1, -0.05) is 0 Å². The van der Waals surface area contributed by atoms with Crippen molar-refractivity contribution >= 4 is 79.0 Å². The molecule has 0 aliphatic carbocycles. The Morgan fingerprint density at radius 3 is 1.17 bits per heavy atom. The number of phosphoric acid groups is 1. The van der Waals surface area contributed by atoms with Crippen molar-refractivity contribution in [3.05, 3.63) is 0 Å². The van der Waals surface area contributed by atoms with Gasteiger partial charge in [-0.25, -0.2) is 8.42 Å². The van der Waals surface area contributed by atoms with Crippen LogP contribution < -0.4 is 14.7 Å². The van der Waals surface area contributed by atoms with Gasteiger partial charge in [0.15, 0.2) is 0 Å². The molecule has 12 heteroatoms. The Morgan fingerprint density at radius 1 is 1.17 bits per heavy atom. The molecule has 0 bridgehead atoms. The Kier molecular flexibility index (Phi) is 18.8. The zero-order chi connectivity index (χ0) is 9.00. The third kappa shape index (κ3) is 361. The van der Waals surface area contributed by atoms with Gasteiger partial charge in [0.2, 0.25) is 10.4 Å². The molecule has 12 heavy (non-hydrogen) atoms. The third-order valence-electron chi connectivity index (χ3n) is 0. The van der Waals surface area contributed by atoms with E-state index in [-0.39, 0.29) is 60.8 Å². The first-order valence-corrected chi connectivity index (χ1v) is 4.24. The van der Waals surface area contributed by atoms with E-state index in [0.717, 1.165) is 0 Å². The maximum Gasteiger partial charge on any atom is 2.00 e. The quantitative estimate of drug-likeness (QED) is 0.196. The fourth-order valence-electron chi connectivity index (χ4n) is 0. The van der Waals surface area contributed by atoms with Crippen LogP contribution in [0.2, 0.25) is 0 Å². The molecule has 0 aromatic rings.